The van der Waals surface area contributed by atoms with E-state index in [4.69, 9.17) is 21.4 Å². The van der Waals surface area contributed by atoms with Gasteiger partial charge in [0.15, 0.2) is 0 Å². The maximum Gasteiger partial charge on any atom is 0.322 e. The first-order chi connectivity index (χ1) is 9.12. The number of rotatable bonds is 6. The Morgan fingerprint density at radius 1 is 1.63 bits per heavy atom. The molecule has 2 N–H and O–H groups in total. The fourth-order valence-corrected chi connectivity index (χ4v) is 1.64. The maximum atomic E-state index is 12.0. The number of anilines is 1. The van der Waals surface area contributed by atoms with Gasteiger partial charge in [-0.1, -0.05) is 17.7 Å². The van der Waals surface area contributed by atoms with E-state index in [0.717, 1.165) is 0 Å². The predicted octanol–water partition coefficient (Wildman–Crippen LogP) is 2.36. The largest absolute Gasteiger partial charge is 0.497 e. The zero-order valence-corrected chi connectivity index (χ0v) is 11.5. The Balaban J connectivity index is 2.81. The summed E-state index contributed by atoms with van der Waals surface area (Å²) in [5.74, 6) is 0.595. The number of carbonyl (C=O) groups is 1. The highest BCUT2D eigenvalue weighted by molar-refractivity contribution is 6.33. The molecular formula is C13H17ClN2O3. The van der Waals surface area contributed by atoms with E-state index in [1.807, 2.05) is 0 Å². The molecule has 6 heteroatoms. The van der Waals surface area contributed by atoms with Crippen molar-refractivity contribution in [2.75, 3.05) is 32.1 Å². The molecule has 0 heterocycles. The average Bonchev–Trinajstić information content (AvgIpc) is 2.41. The summed E-state index contributed by atoms with van der Waals surface area (Å²) in [6.07, 6.45) is 1.59. The zero-order valence-electron chi connectivity index (χ0n) is 10.7. The molecule has 0 aliphatic rings. The predicted molar refractivity (Wildman–Crippen MR) is 75.9 cm³/mol. The molecule has 1 aromatic carbocycles. The fraction of sp³-hybridized carbons (Fsp3) is 0.308. The number of methoxy groups -OCH3 is 1. The van der Waals surface area contributed by atoms with Crippen LogP contribution in [0.3, 0.4) is 0 Å². The van der Waals surface area contributed by atoms with Gasteiger partial charge in [0.05, 0.1) is 24.4 Å². The Kier molecular flexibility index (Phi) is 6.18. The standard InChI is InChI=1S/C13H17ClN2O3/c1-3-6-16(7-8-17)13(18)15-12-9-10(19-2)4-5-11(12)14/h3-5,9,17H,1,6-8H2,2H3,(H,15,18). The number of nitrogens with zero attached hydrogens (tertiary/aromatic N) is 1. The molecule has 0 aliphatic carbocycles. The molecule has 1 rings (SSSR count). The molecule has 19 heavy (non-hydrogen) atoms. The lowest BCUT2D eigenvalue weighted by atomic mass is 10.3. The Bertz CT molecular complexity index is 452. The quantitative estimate of drug-likeness (QED) is 0.788. The Labute approximate surface area is 117 Å². The number of nitrogens with one attached hydrogen (secondary N) is 1. The second-order valence-corrected chi connectivity index (χ2v) is 4.14. The first-order valence-electron chi connectivity index (χ1n) is 5.73. The van der Waals surface area contributed by atoms with E-state index in [9.17, 15) is 4.79 Å². The maximum absolute atomic E-state index is 12.0. The third-order valence-electron chi connectivity index (χ3n) is 2.42. The van der Waals surface area contributed by atoms with Crippen LogP contribution < -0.4 is 10.1 Å². The summed E-state index contributed by atoms with van der Waals surface area (Å²) in [6, 6.07) is 4.61. The molecule has 0 unspecified atom stereocenters. The van der Waals surface area contributed by atoms with E-state index in [2.05, 4.69) is 11.9 Å². The van der Waals surface area contributed by atoms with Crippen LogP contribution >= 0.6 is 11.6 Å². The van der Waals surface area contributed by atoms with Gasteiger partial charge in [0.1, 0.15) is 5.75 Å². The summed E-state index contributed by atoms with van der Waals surface area (Å²) < 4.78 is 5.07. The molecule has 104 valence electrons. The molecule has 5 nitrogen and oxygen atoms in total. The number of aliphatic hydroxyl groups excluding tert-OH is 1. The number of hydrogen-bond donors (Lipinski definition) is 2. The van der Waals surface area contributed by atoms with Crippen LogP contribution in [0.2, 0.25) is 5.02 Å². The normalized spacial score (nSPS) is 9.84. The minimum Gasteiger partial charge on any atom is -0.497 e. The molecule has 0 fully saturated rings. The van der Waals surface area contributed by atoms with Crippen LogP contribution in [0, 0.1) is 0 Å². The highest BCUT2D eigenvalue weighted by Gasteiger charge is 2.13. The van der Waals surface area contributed by atoms with Crippen molar-refractivity contribution in [1.82, 2.24) is 4.90 Å². The fourth-order valence-electron chi connectivity index (χ4n) is 1.47. The van der Waals surface area contributed by atoms with Gasteiger partial charge in [-0.2, -0.15) is 0 Å². The van der Waals surface area contributed by atoms with Gasteiger partial charge in [-0.05, 0) is 12.1 Å². The van der Waals surface area contributed by atoms with Crippen molar-refractivity contribution in [3.8, 4) is 5.75 Å². The lowest BCUT2D eigenvalue weighted by molar-refractivity contribution is 0.195. The van der Waals surface area contributed by atoms with E-state index >= 15 is 0 Å². The molecule has 0 aromatic heterocycles. The van der Waals surface area contributed by atoms with Crippen molar-refractivity contribution in [1.29, 1.82) is 0 Å². The molecule has 0 radical (unpaired) electrons. The van der Waals surface area contributed by atoms with Crippen LogP contribution in [-0.4, -0.2) is 42.8 Å². The Hall–Kier alpha value is -1.72. The van der Waals surface area contributed by atoms with E-state index < -0.39 is 0 Å². The van der Waals surface area contributed by atoms with Crippen LogP contribution in [-0.2, 0) is 0 Å². The smallest absolute Gasteiger partial charge is 0.322 e. The van der Waals surface area contributed by atoms with E-state index in [0.29, 0.717) is 23.0 Å². The molecule has 0 spiro atoms. The number of benzene rings is 1. The van der Waals surface area contributed by atoms with Gasteiger partial charge < -0.3 is 20.1 Å². The first kappa shape index (κ1) is 15.3. The van der Waals surface area contributed by atoms with Crippen molar-refractivity contribution < 1.29 is 14.6 Å². The van der Waals surface area contributed by atoms with Crippen LogP contribution in [0.5, 0.6) is 5.75 Å². The summed E-state index contributed by atoms with van der Waals surface area (Å²) in [4.78, 5) is 13.4. The highest BCUT2D eigenvalue weighted by atomic mass is 35.5. The number of urea groups is 1. The van der Waals surface area contributed by atoms with E-state index in [1.165, 1.54) is 12.0 Å². The molecule has 0 saturated carbocycles. The molecular weight excluding hydrogens is 268 g/mol. The average molecular weight is 285 g/mol. The number of carbonyl (C=O) groups excluding carboxylic acids is 1. The number of hydrogen-bond acceptors (Lipinski definition) is 3. The summed E-state index contributed by atoms with van der Waals surface area (Å²) >= 11 is 6.00. The monoisotopic (exact) mass is 284 g/mol. The topological polar surface area (TPSA) is 61.8 Å². The second kappa shape index (κ2) is 7.66. The van der Waals surface area contributed by atoms with Gasteiger partial charge in [0.25, 0.3) is 0 Å². The molecule has 0 aliphatic heterocycles. The van der Waals surface area contributed by atoms with Crippen molar-refractivity contribution in [2.45, 2.75) is 0 Å². The van der Waals surface area contributed by atoms with Gasteiger partial charge in [-0.15, -0.1) is 6.58 Å². The van der Waals surface area contributed by atoms with Gasteiger partial charge in [0.2, 0.25) is 0 Å². The third kappa shape index (κ3) is 4.46. The molecule has 0 saturated heterocycles. The summed E-state index contributed by atoms with van der Waals surface area (Å²) in [7, 11) is 1.53. The summed E-state index contributed by atoms with van der Waals surface area (Å²) in [6.45, 7) is 4.01. The first-order valence-corrected chi connectivity index (χ1v) is 6.11. The zero-order chi connectivity index (χ0) is 14.3. The molecule has 0 atom stereocenters. The third-order valence-corrected chi connectivity index (χ3v) is 2.75. The van der Waals surface area contributed by atoms with E-state index in [1.54, 1.807) is 24.3 Å². The molecule has 1 aromatic rings. The Morgan fingerprint density at radius 3 is 2.95 bits per heavy atom. The van der Waals surface area contributed by atoms with Crippen LogP contribution in [0.1, 0.15) is 0 Å². The van der Waals surface area contributed by atoms with Gasteiger partial charge >= 0.3 is 6.03 Å². The van der Waals surface area contributed by atoms with Crippen LogP contribution in [0.15, 0.2) is 30.9 Å². The minimum absolute atomic E-state index is 0.118. The van der Waals surface area contributed by atoms with Crippen molar-refractivity contribution in [3.05, 3.63) is 35.9 Å². The van der Waals surface area contributed by atoms with Crippen molar-refractivity contribution >= 4 is 23.3 Å². The highest BCUT2D eigenvalue weighted by Crippen LogP contribution is 2.26. The lowest BCUT2D eigenvalue weighted by Gasteiger charge is -2.21. The minimum atomic E-state index is -0.357. The van der Waals surface area contributed by atoms with Gasteiger partial charge in [0, 0.05) is 19.2 Å². The SMILES string of the molecule is C=CCN(CCO)C(=O)Nc1cc(OC)ccc1Cl. The number of ether oxygens (including phenoxy) is 1. The number of aliphatic hydroxyl groups is 1. The number of halogens is 1. The second-order valence-electron chi connectivity index (χ2n) is 3.73. The summed E-state index contributed by atoms with van der Waals surface area (Å²) in [5.41, 5.74) is 0.456. The van der Waals surface area contributed by atoms with Crippen molar-refractivity contribution in [3.63, 3.8) is 0 Å². The van der Waals surface area contributed by atoms with Crippen LogP contribution in [0.25, 0.3) is 0 Å². The lowest BCUT2D eigenvalue weighted by Crippen LogP contribution is -2.37. The van der Waals surface area contributed by atoms with Gasteiger partial charge in [-0.25, -0.2) is 4.79 Å². The number of amides is 2. The molecule has 0 bridgehead atoms. The van der Waals surface area contributed by atoms with Crippen LogP contribution in [0.4, 0.5) is 10.5 Å². The Morgan fingerprint density at radius 2 is 2.37 bits per heavy atom. The van der Waals surface area contributed by atoms with Gasteiger partial charge in [-0.3, -0.25) is 0 Å². The van der Waals surface area contributed by atoms with Crippen molar-refractivity contribution in [2.24, 2.45) is 0 Å². The molecule has 2 amide bonds. The van der Waals surface area contributed by atoms with E-state index in [-0.39, 0.29) is 19.2 Å². The summed E-state index contributed by atoms with van der Waals surface area (Å²) in [5, 5.41) is 12.0.